The first-order valence-corrected chi connectivity index (χ1v) is 8.79. The lowest BCUT2D eigenvalue weighted by molar-refractivity contribution is -0.129. The van der Waals surface area contributed by atoms with Crippen molar-refractivity contribution in [2.75, 3.05) is 20.3 Å². The van der Waals surface area contributed by atoms with Crippen molar-refractivity contribution in [1.82, 2.24) is 5.32 Å². The summed E-state index contributed by atoms with van der Waals surface area (Å²) in [6, 6.07) is 11.7. The van der Waals surface area contributed by atoms with Gasteiger partial charge in [0.15, 0.2) is 24.2 Å². The number of nitrogens with one attached hydrogen (secondary N) is 1. The van der Waals surface area contributed by atoms with Crippen LogP contribution in [-0.2, 0) is 11.2 Å². The Morgan fingerprint density at radius 1 is 1.22 bits per heavy atom. The van der Waals surface area contributed by atoms with Crippen molar-refractivity contribution >= 4 is 29.1 Å². The summed E-state index contributed by atoms with van der Waals surface area (Å²) in [5, 5.41) is 22.0. The molecule has 6 nitrogen and oxygen atoms in total. The molecule has 1 unspecified atom stereocenters. The van der Waals surface area contributed by atoms with Crippen LogP contribution < -0.4 is 14.8 Å². The van der Waals surface area contributed by atoms with Crippen LogP contribution in [0.15, 0.2) is 36.4 Å². The number of halogens is 2. The molecule has 0 aliphatic heterocycles. The molecular formula is C19H18Cl2N2O4. The molecule has 2 aromatic carbocycles. The molecule has 1 amide bonds. The predicted octanol–water partition coefficient (Wildman–Crippen LogP) is 3.30. The molecule has 0 saturated heterocycles. The molecule has 142 valence electrons. The van der Waals surface area contributed by atoms with Crippen LogP contribution in [0.1, 0.15) is 17.2 Å². The van der Waals surface area contributed by atoms with E-state index in [2.05, 4.69) is 5.32 Å². The number of hydrogen-bond donors (Lipinski definition) is 2. The summed E-state index contributed by atoms with van der Waals surface area (Å²) >= 11 is 11.7. The maximum absolute atomic E-state index is 12.1. The molecule has 0 fully saturated rings. The molecule has 8 heteroatoms. The molecule has 0 heterocycles. The van der Waals surface area contributed by atoms with Gasteiger partial charge in [-0.05, 0) is 41.8 Å². The number of hydrogen-bond acceptors (Lipinski definition) is 5. The zero-order valence-corrected chi connectivity index (χ0v) is 16.0. The first-order valence-electron chi connectivity index (χ1n) is 8.03. The van der Waals surface area contributed by atoms with Crippen molar-refractivity contribution in [3.8, 4) is 17.6 Å². The first-order chi connectivity index (χ1) is 13.0. The lowest BCUT2D eigenvalue weighted by Crippen LogP contribution is -2.31. The van der Waals surface area contributed by atoms with Gasteiger partial charge in [-0.25, -0.2) is 0 Å². The van der Waals surface area contributed by atoms with E-state index in [1.54, 1.807) is 18.2 Å². The number of nitriles is 1. The fourth-order valence-electron chi connectivity index (χ4n) is 2.36. The van der Waals surface area contributed by atoms with Crippen LogP contribution >= 0.6 is 23.2 Å². The minimum atomic E-state index is -1.34. The maximum Gasteiger partial charge on any atom is 0.253 e. The fraction of sp³-hybridized carbons (Fsp3) is 0.263. The second-order valence-corrected chi connectivity index (χ2v) is 6.36. The number of methoxy groups -OCH3 is 1. The summed E-state index contributed by atoms with van der Waals surface area (Å²) in [7, 11) is 1.51. The first kappa shape index (κ1) is 20.8. The summed E-state index contributed by atoms with van der Waals surface area (Å²) in [4.78, 5) is 12.1. The van der Waals surface area contributed by atoms with E-state index >= 15 is 0 Å². The van der Waals surface area contributed by atoms with Gasteiger partial charge in [-0.3, -0.25) is 4.79 Å². The lowest BCUT2D eigenvalue weighted by Gasteiger charge is -2.13. The molecule has 1 atom stereocenters. The molecule has 0 aliphatic carbocycles. The van der Waals surface area contributed by atoms with Crippen molar-refractivity contribution in [3.63, 3.8) is 0 Å². The molecular weight excluding hydrogens is 391 g/mol. The molecule has 0 radical (unpaired) electrons. The summed E-state index contributed by atoms with van der Waals surface area (Å²) in [5.74, 6) is 0.445. The monoisotopic (exact) mass is 408 g/mol. The molecule has 2 aromatic rings. The van der Waals surface area contributed by atoms with Crippen molar-refractivity contribution in [1.29, 1.82) is 5.26 Å². The van der Waals surface area contributed by atoms with Gasteiger partial charge in [0.05, 0.1) is 17.2 Å². The number of ether oxygens (including phenoxy) is 2. The smallest absolute Gasteiger partial charge is 0.253 e. The standard InChI is InChI=1S/C19H18Cl2N2O4/c1-26-17-10-12(2-5-16(17)27-9-7-22)6-8-23-19(25)18(24)13-3-4-14(20)15(21)11-13/h2-5,10-11,18,24H,6,8-9H2,1H3,(H,23,25). The highest BCUT2D eigenvalue weighted by Crippen LogP contribution is 2.28. The van der Waals surface area contributed by atoms with Crippen LogP contribution in [-0.4, -0.2) is 31.3 Å². The van der Waals surface area contributed by atoms with Gasteiger partial charge in [0, 0.05) is 6.54 Å². The van der Waals surface area contributed by atoms with E-state index in [0.717, 1.165) is 5.56 Å². The molecule has 2 rings (SSSR count). The highest BCUT2D eigenvalue weighted by atomic mass is 35.5. The Kier molecular flexibility index (Phi) is 7.74. The highest BCUT2D eigenvalue weighted by molar-refractivity contribution is 6.42. The van der Waals surface area contributed by atoms with Crippen LogP contribution in [0, 0.1) is 11.3 Å². The van der Waals surface area contributed by atoms with Gasteiger partial charge in [0.1, 0.15) is 6.07 Å². The summed E-state index contributed by atoms with van der Waals surface area (Å²) < 4.78 is 10.5. The average molecular weight is 409 g/mol. The number of rotatable bonds is 8. The number of nitrogens with zero attached hydrogens (tertiary/aromatic N) is 1. The zero-order valence-electron chi connectivity index (χ0n) is 14.5. The van der Waals surface area contributed by atoms with Gasteiger partial charge in [0.25, 0.3) is 5.91 Å². The third-order valence-electron chi connectivity index (χ3n) is 3.74. The Labute approximate surface area is 167 Å². The molecule has 0 aromatic heterocycles. The lowest BCUT2D eigenvalue weighted by atomic mass is 10.1. The maximum atomic E-state index is 12.1. The van der Waals surface area contributed by atoms with E-state index in [9.17, 15) is 9.90 Å². The quantitative estimate of drug-likeness (QED) is 0.698. The van der Waals surface area contributed by atoms with Gasteiger partial charge in [-0.15, -0.1) is 0 Å². The third kappa shape index (κ3) is 5.76. The Hall–Kier alpha value is -2.46. The SMILES string of the molecule is COc1cc(CCNC(=O)C(O)c2ccc(Cl)c(Cl)c2)ccc1OCC#N. The van der Waals surface area contributed by atoms with Crippen LogP contribution in [0.2, 0.25) is 10.0 Å². The number of amides is 1. The van der Waals surface area contributed by atoms with Crippen molar-refractivity contribution in [3.05, 3.63) is 57.6 Å². The Bertz CT molecular complexity index is 852. The summed E-state index contributed by atoms with van der Waals surface area (Å²) in [6.07, 6.45) is -0.814. The van der Waals surface area contributed by atoms with E-state index in [4.69, 9.17) is 37.9 Å². The number of carbonyl (C=O) groups is 1. The van der Waals surface area contributed by atoms with E-state index in [1.165, 1.54) is 19.2 Å². The molecule has 0 spiro atoms. The molecule has 0 bridgehead atoms. The van der Waals surface area contributed by atoms with Crippen LogP contribution in [0.4, 0.5) is 0 Å². The Balaban J connectivity index is 1.92. The fourth-order valence-corrected chi connectivity index (χ4v) is 2.66. The second-order valence-electron chi connectivity index (χ2n) is 5.55. The highest BCUT2D eigenvalue weighted by Gasteiger charge is 2.18. The van der Waals surface area contributed by atoms with E-state index in [0.29, 0.717) is 35.1 Å². The topological polar surface area (TPSA) is 91.6 Å². The van der Waals surface area contributed by atoms with Gasteiger partial charge < -0.3 is 19.9 Å². The van der Waals surface area contributed by atoms with Crippen LogP contribution in [0.25, 0.3) is 0 Å². The van der Waals surface area contributed by atoms with Gasteiger partial charge in [-0.2, -0.15) is 5.26 Å². The van der Waals surface area contributed by atoms with Gasteiger partial charge in [-0.1, -0.05) is 35.3 Å². The van der Waals surface area contributed by atoms with Crippen molar-refractivity contribution < 1.29 is 19.4 Å². The minimum Gasteiger partial charge on any atom is -0.493 e. The normalized spacial score (nSPS) is 11.4. The number of aliphatic hydroxyl groups excluding tert-OH is 1. The number of carbonyl (C=O) groups excluding carboxylic acids is 1. The molecule has 0 aliphatic rings. The predicted molar refractivity (Wildman–Crippen MR) is 102 cm³/mol. The van der Waals surface area contributed by atoms with Gasteiger partial charge >= 0.3 is 0 Å². The van der Waals surface area contributed by atoms with Crippen LogP contribution in [0.5, 0.6) is 11.5 Å². The molecule has 2 N–H and O–H groups in total. The minimum absolute atomic E-state index is 0.0711. The molecule has 27 heavy (non-hydrogen) atoms. The Morgan fingerprint density at radius 3 is 2.67 bits per heavy atom. The Morgan fingerprint density at radius 2 is 2.00 bits per heavy atom. The van der Waals surface area contributed by atoms with E-state index in [1.807, 2.05) is 12.1 Å². The molecule has 0 saturated carbocycles. The van der Waals surface area contributed by atoms with E-state index < -0.39 is 12.0 Å². The van der Waals surface area contributed by atoms with Crippen molar-refractivity contribution in [2.24, 2.45) is 0 Å². The summed E-state index contributed by atoms with van der Waals surface area (Å²) in [6.45, 7) is 0.247. The van der Waals surface area contributed by atoms with Gasteiger partial charge in [0.2, 0.25) is 0 Å². The second kappa shape index (κ2) is 10.0. The summed E-state index contributed by atoms with van der Waals surface area (Å²) in [5.41, 5.74) is 1.27. The average Bonchev–Trinajstić information content (AvgIpc) is 2.68. The third-order valence-corrected chi connectivity index (χ3v) is 4.48. The number of aliphatic hydroxyl groups is 1. The van der Waals surface area contributed by atoms with E-state index in [-0.39, 0.29) is 11.6 Å². The van der Waals surface area contributed by atoms with Crippen molar-refractivity contribution in [2.45, 2.75) is 12.5 Å². The largest absolute Gasteiger partial charge is 0.493 e. The zero-order chi connectivity index (χ0) is 19.8. The van der Waals surface area contributed by atoms with Crippen LogP contribution in [0.3, 0.4) is 0 Å². The number of benzene rings is 2.